The van der Waals surface area contributed by atoms with Crippen LogP contribution in [0, 0.1) is 5.92 Å². The number of thiophene rings is 1. The van der Waals surface area contributed by atoms with Gasteiger partial charge in [0.05, 0.1) is 5.52 Å². The van der Waals surface area contributed by atoms with Crippen molar-refractivity contribution in [2.75, 3.05) is 18.5 Å². The van der Waals surface area contributed by atoms with E-state index in [2.05, 4.69) is 24.3 Å². The number of aryl methyl sites for hydroxylation is 1. The van der Waals surface area contributed by atoms with Crippen molar-refractivity contribution in [2.45, 2.75) is 33.4 Å². The molecule has 0 bridgehead atoms. The van der Waals surface area contributed by atoms with Crippen LogP contribution in [-0.2, 0) is 17.9 Å². The Hall–Kier alpha value is -3.60. The van der Waals surface area contributed by atoms with Gasteiger partial charge in [-0.3, -0.25) is 14.2 Å². The molecule has 5 rings (SSSR count). The van der Waals surface area contributed by atoms with Gasteiger partial charge in [-0.05, 0) is 35.9 Å². The van der Waals surface area contributed by atoms with Gasteiger partial charge in [0.2, 0.25) is 11.7 Å². The van der Waals surface area contributed by atoms with Crippen LogP contribution in [0.2, 0.25) is 0 Å². The molecule has 0 aliphatic carbocycles. The SMILES string of the molecule is CC(C)CCn1c(=O)c2sccc2n2c(=O)n(CC(=O)Nc3ccc4c(c3)OCCO4)nc12. The Bertz CT molecular complexity index is 1480. The molecular weight excluding hydrogens is 446 g/mol. The maximum Gasteiger partial charge on any atom is 0.352 e. The van der Waals surface area contributed by atoms with E-state index < -0.39 is 11.6 Å². The predicted molar refractivity (Wildman–Crippen MR) is 125 cm³/mol. The molecular formula is C22H23N5O5S. The summed E-state index contributed by atoms with van der Waals surface area (Å²) in [4.78, 5) is 38.9. The van der Waals surface area contributed by atoms with E-state index in [4.69, 9.17) is 9.47 Å². The lowest BCUT2D eigenvalue weighted by atomic mass is 10.1. The smallest absolute Gasteiger partial charge is 0.352 e. The number of carbonyl (C=O) groups is 1. The molecule has 172 valence electrons. The number of nitrogens with zero attached hydrogens (tertiary/aromatic N) is 4. The Balaban J connectivity index is 1.48. The van der Waals surface area contributed by atoms with E-state index in [1.54, 1.807) is 29.6 Å². The molecule has 3 aromatic heterocycles. The third-order valence-electron chi connectivity index (χ3n) is 5.44. The number of fused-ring (bicyclic) bond motifs is 4. The van der Waals surface area contributed by atoms with Crippen LogP contribution in [0.1, 0.15) is 20.3 Å². The molecule has 0 atom stereocenters. The second kappa shape index (κ2) is 8.39. The zero-order valence-corrected chi connectivity index (χ0v) is 19.1. The van der Waals surface area contributed by atoms with Gasteiger partial charge in [-0.25, -0.2) is 13.9 Å². The average molecular weight is 470 g/mol. The molecule has 0 spiro atoms. The number of aromatic nitrogens is 4. The number of hydrogen-bond acceptors (Lipinski definition) is 7. The lowest BCUT2D eigenvalue weighted by Crippen LogP contribution is -2.29. The zero-order chi connectivity index (χ0) is 23.1. The van der Waals surface area contributed by atoms with Crippen molar-refractivity contribution in [3.8, 4) is 11.5 Å². The second-order valence-corrected chi connectivity index (χ2v) is 9.17. The van der Waals surface area contributed by atoms with Gasteiger partial charge in [0.1, 0.15) is 24.5 Å². The minimum absolute atomic E-state index is 0.175. The van der Waals surface area contributed by atoms with E-state index in [0.29, 0.717) is 53.1 Å². The summed E-state index contributed by atoms with van der Waals surface area (Å²) in [5.74, 6) is 1.37. The molecule has 0 radical (unpaired) electrons. The maximum absolute atomic E-state index is 13.2. The summed E-state index contributed by atoms with van der Waals surface area (Å²) >= 11 is 1.29. The summed E-state index contributed by atoms with van der Waals surface area (Å²) < 4.78 is 15.5. The highest BCUT2D eigenvalue weighted by molar-refractivity contribution is 7.17. The molecule has 1 aliphatic rings. The summed E-state index contributed by atoms with van der Waals surface area (Å²) in [6.45, 7) is 5.20. The zero-order valence-electron chi connectivity index (χ0n) is 18.2. The normalized spacial score (nSPS) is 13.2. The number of amides is 1. The minimum Gasteiger partial charge on any atom is -0.486 e. The highest BCUT2D eigenvalue weighted by Crippen LogP contribution is 2.32. The van der Waals surface area contributed by atoms with Crippen LogP contribution in [0.3, 0.4) is 0 Å². The van der Waals surface area contributed by atoms with Crippen LogP contribution in [0.5, 0.6) is 11.5 Å². The van der Waals surface area contributed by atoms with Crippen molar-refractivity contribution in [1.82, 2.24) is 18.7 Å². The van der Waals surface area contributed by atoms with Gasteiger partial charge in [-0.15, -0.1) is 16.4 Å². The molecule has 4 aromatic rings. The molecule has 10 nitrogen and oxygen atoms in total. The fraction of sp³-hybridized carbons (Fsp3) is 0.364. The Kier molecular flexibility index (Phi) is 5.41. The molecule has 1 amide bonds. The number of benzene rings is 1. The molecule has 0 saturated heterocycles. The summed E-state index contributed by atoms with van der Waals surface area (Å²) in [6, 6.07) is 6.83. The third-order valence-corrected chi connectivity index (χ3v) is 6.33. The number of rotatable bonds is 6. The molecule has 1 aromatic carbocycles. The molecule has 1 N–H and O–H groups in total. The Labute approximate surface area is 192 Å². The molecule has 0 saturated carbocycles. The first-order valence-corrected chi connectivity index (χ1v) is 11.6. The van der Waals surface area contributed by atoms with Crippen molar-refractivity contribution in [2.24, 2.45) is 5.92 Å². The number of nitrogens with one attached hydrogen (secondary N) is 1. The lowest BCUT2D eigenvalue weighted by Gasteiger charge is -2.18. The maximum atomic E-state index is 13.2. The summed E-state index contributed by atoms with van der Waals surface area (Å²) in [6.07, 6.45) is 0.762. The first-order valence-electron chi connectivity index (χ1n) is 10.7. The van der Waals surface area contributed by atoms with Crippen molar-refractivity contribution in [1.29, 1.82) is 0 Å². The van der Waals surface area contributed by atoms with Crippen molar-refractivity contribution in [3.63, 3.8) is 0 Å². The Morgan fingerprint density at radius 2 is 1.97 bits per heavy atom. The number of hydrogen-bond donors (Lipinski definition) is 1. The topological polar surface area (TPSA) is 109 Å². The van der Waals surface area contributed by atoms with Gasteiger partial charge in [0.15, 0.2) is 11.5 Å². The summed E-state index contributed by atoms with van der Waals surface area (Å²) in [5, 5.41) is 8.90. The largest absolute Gasteiger partial charge is 0.486 e. The minimum atomic E-state index is -0.468. The van der Waals surface area contributed by atoms with Gasteiger partial charge >= 0.3 is 5.69 Å². The van der Waals surface area contributed by atoms with Crippen LogP contribution >= 0.6 is 11.3 Å². The molecule has 33 heavy (non-hydrogen) atoms. The van der Waals surface area contributed by atoms with Crippen LogP contribution in [0.25, 0.3) is 16.0 Å². The van der Waals surface area contributed by atoms with E-state index in [1.807, 2.05) is 0 Å². The highest BCUT2D eigenvalue weighted by atomic mass is 32.1. The Morgan fingerprint density at radius 3 is 2.76 bits per heavy atom. The van der Waals surface area contributed by atoms with E-state index in [-0.39, 0.29) is 17.9 Å². The van der Waals surface area contributed by atoms with Crippen molar-refractivity contribution in [3.05, 3.63) is 50.5 Å². The summed E-state index contributed by atoms with van der Waals surface area (Å²) in [5.41, 5.74) is 0.384. The fourth-order valence-electron chi connectivity index (χ4n) is 3.78. The lowest BCUT2D eigenvalue weighted by molar-refractivity contribution is -0.117. The quantitative estimate of drug-likeness (QED) is 0.464. The van der Waals surface area contributed by atoms with Crippen molar-refractivity contribution >= 4 is 38.9 Å². The van der Waals surface area contributed by atoms with Crippen LogP contribution in [-0.4, -0.2) is 37.9 Å². The van der Waals surface area contributed by atoms with E-state index >= 15 is 0 Å². The third kappa shape index (κ3) is 3.88. The fourth-order valence-corrected chi connectivity index (χ4v) is 4.61. The van der Waals surface area contributed by atoms with Gasteiger partial charge in [0.25, 0.3) is 5.56 Å². The Morgan fingerprint density at radius 1 is 1.18 bits per heavy atom. The van der Waals surface area contributed by atoms with Crippen molar-refractivity contribution < 1.29 is 14.3 Å². The highest BCUT2D eigenvalue weighted by Gasteiger charge is 2.20. The predicted octanol–water partition coefficient (Wildman–Crippen LogP) is 2.33. The average Bonchev–Trinajstić information content (AvgIpc) is 3.39. The van der Waals surface area contributed by atoms with Crippen LogP contribution < -0.4 is 26.0 Å². The second-order valence-electron chi connectivity index (χ2n) is 8.26. The standard InChI is InChI=1S/C22H23N5O5S/c1-13(2)5-7-25-20(29)19-15(6-10-33-19)27-21(25)24-26(22(27)30)12-18(28)23-14-3-4-16-17(11-14)32-9-8-31-16/h3-4,6,10-11,13H,5,7-9,12H2,1-2H3,(H,23,28). The van der Waals surface area contributed by atoms with E-state index in [9.17, 15) is 14.4 Å². The first-order chi connectivity index (χ1) is 15.9. The van der Waals surface area contributed by atoms with Crippen LogP contribution in [0.4, 0.5) is 5.69 Å². The van der Waals surface area contributed by atoms with Crippen LogP contribution in [0.15, 0.2) is 39.2 Å². The van der Waals surface area contributed by atoms with Gasteiger partial charge in [0, 0.05) is 18.3 Å². The van der Waals surface area contributed by atoms with E-state index in [1.165, 1.54) is 20.3 Å². The molecule has 1 aliphatic heterocycles. The number of anilines is 1. The molecule has 0 fully saturated rings. The first kappa shape index (κ1) is 21.3. The molecule has 4 heterocycles. The van der Waals surface area contributed by atoms with Gasteiger partial charge in [-0.1, -0.05) is 13.8 Å². The molecule has 11 heteroatoms. The van der Waals surface area contributed by atoms with E-state index in [0.717, 1.165) is 11.1 Å². The monoisotopic (exact) mass is 469 g/mol. The number of ether oxygens (including phenoxy) is 2. The number of carbonyl (C=O) groups excluding carboxylic acids is 1. The van der Waals surface area contributed by atoms with Gasteiger partial charge < -0.3 is 14.8 Å². The molecule has 0 unspecified atom stereocenters. The summed E-state index contributed by atoms with van der Waals surface area (Å²) in [7, 11) is 0. The van der Waals surface area contributed by atoms with Gasteiger partial charge in [-0.2, -0.15) is 0 Å².